The zero-order valence-corrected chi connectivity index (χ0v) is 16.5. The van der Waals surface area contributed by atoms with E-state index in [1.165, 1.54) is 18.4 Å². The number of carbonyl (C=O) groups is 3. The van der Waals surface area contributed by atoms with Gasteiger partial charge >= 0.3 is 5.97 Å². The minimum absolute atomic E-state index is 0.0296. The second-order valence-electron chi connectivity index (χ2n) is 6.23. The molecule has 29 heavy (non-hydrogen) atoms. The van der Waals surface area contributed by atoms with E-state index in [9.17, 15) is 19.5 Å². The van der Waals surface area contributed by atoms with Gasteiger partial charge in [-0.3, -0.25) is 4.79 Å². The van der Waals surface area contributed by atoms with Crippen molar-refractivity contribution in [1.29, 1.82) is 0 Å². The highest BCUT2D eigenvalue weighted by Gasteiger charge is 2.17. The molecule has 150 valence electrons. The van der Waals surface area contributed by atoms with Crippen LogP contribution < -0.4 is 10.4 Å². The number of nitrogens with zero attached hydrogens (tertiary/aromatic N) is 1. The van der Waals surface area contributed by atoms with Crippen LogP contribution in [0.2, 0.25) is 0 Å². The number of benzene rings is 1. The predicted molar refractivity (Wildman–Crippen MR) is 107 cm³/mol. The second-order valence-corrected chi connectivity index (χ2v) is 7.18. The van der Waals surface area contributed by atoms with Gasteiger partial charge in [0.25, 0.3) is 0 Å². The number of carbonyl (C=O) groups excluding carboxylic acids is 3. The van der Waals surface area contributed by atoms with Crippen LogP contribution in [0.25, 0.3) is 10.6 Å². The fraction of sp³-hybridized carbons (Fsp3) is 0.190. The minimum Gasteiger partial charge on any atom is -0.550 e. The SMILES string of the molecule is COC(=O)c1ccccc1NC(=O)Cn1c(CCC(=O)[O-])ccc1-c1cccs1. The maximum Gasteiger partial charge on any atom is 0.339 e. The maximum absolute atomic E-state index is 12.7. The van der Waals surface area contributed by atoms with Gasteiger partial charge in [0, 0.05) is 11.7 Å². The Kier molecular flexibility index (Phi) is 6.46. The van der Waals surface area contributed by atoms with Gasteiger partial charge in [0.05, 0.1) is 28.9 Å². The van der Waals surface area contributed by atoms with Gasteiger partial charge in [-0.25, -0.2) is 4.79 Å². The topological polar surface area (TPSA) is 100 Å². The van der Waals surface area contributed by atoms with Gasteiger partial charge in [-0.2, -0.15) is 0 Å². The van der Waals surface area contributed by atoms with Crippen LogP contribution in [0, 0.1) is 0 Å². The number of nitrogens with one attached hydrogen (secondary N) is 1. The van der Waals surface area contributed by atoms with Crippen molar-refractivity contribution in [2.24, 2.45) is 0 Å². The van der Waals surface area contributed by atoms with Gasteiger partial charge in [-0.05, 0) is 48.6 Å². The monoisotopic (exact) mass is 411 g/mol. The number of para-hydroxylation sites is 1. The third kappa shape index (κ3) is 4.91. The smallest absolute Gasteiger partial charge is 0.339 e. The fourth-order valence-corrected chi connectivity index (χ4v) is 3.76. The Balaban J connectivity index is 1.85. The highest BCUT2D eigenvalue weighted by Crippen LogP contribution is 2.28. The first-order valence-electron chi connectivity index (χ1n) is 8.89. The molecule has 1 aromatic carbocycles. The molecule has 0 aliphatic heterocycles. The summed E-state index contributed by atoms with van der Waals surface area (Å²) >= 11 is 1.53. The predicted octanol–water partition coefficient (Wildman–Crippen LogP) is 2.32. The number of aryl methyl sites for hydroxylation is 1. The van der Waals surface area contributed by atoms with E-state index in [4.69, 9.17) is 4.74 Å². The number of hydrogen-bond acceptors (Lipinski definition) is 6. The van der Waals surface area contributed by atoms with Crippen molar-refractivity contribution >= 4 is 34.9 Å². The van der Waals surface area contributed by atoms with Crippen molar-refractivity contribution in [3.05, 3.63) is 65.2 Å². The molecule has 0 spiro atoms. The van der Waals surface area contributed by atoms with Crippen molar-refractivity contribution in [2.75, 3.05) is 12.4 Å². The first kappa shape index (κ1) is 20.3. The van der Waals surface area contributed by atoms with Crippen LogP contribution >= 0.6 is 11.3 Å². The molecule has 0 fully saturated rings. The van der Waals surface area contributed by atoms with Crippen molar-refractivity contribution < 1.29 is 24.2 Å². The highest BCUT2D eigenvalue weighted by molar-refractivity contribution is 7.13. The Morgan fingerprint density at radius 1 is 1.10 bits per heavy atom. The van der Waals surface area contributed by atoms with Crippen LogP contribution in [0.1, 0.15) is 22.5 Å². The largest absolute Gasteiger partial charge is 0.550 e. The average molecular weight is 411 g/mol. The Labute approximate surface area is 171 Å². The molecular formula is C21H19N2O5S-. The number of amides is 1. The molecule has 1 amide bonds. The normalized spacial score (nSPS) is 10.5. The number of carboxylic acid groups (broad SMARTS) is 1. The van der Waals surface area contributed by atoms with Gasteiger partial charge in [-0.1, -0.05) is 18.2 Å². The van der Waals surface area contributed by atoms with Crippen molar-refractivity contribution in [1.82, 2.24) is 4.57 Å². The Morgan fingerprint density at radius 3 is 2.59 bits per heavy atom. The highest BCUT2D eigenvalue weighted by atomic mass is 32.1. The summed E-state index contributed by atoms with van der Waals surface area (Å²) < 4.78 is 6.53. The van der Waals surface area contributed by atoms with Crippen LogP contribution in [0.15, 0.2) is 53.9 Å². The summed E-state index contributed by atoms with van der Waals surface area (Å²) in [5.74, 6) is -2.03. The number of ether oxygens (including phenoxy) is 1. The molecule has 3 rings (SSSR count). The molecule has 8 heteroatoms. The number of esters is 1. The first-order valence-corrected chi connectivity index (χ1v) is 9.77. The van der Waals surface area contributed by atoms with Gasteiger partial charge in [0.15, 0.2) is 0 Å². The number of anilines is 1. The molecule has 3 aromatic rings. The Hall–Kier alpha value is -3.39. The molecule has 0 aliphatic rings. The standard InChI is InChI=1S/C21H20N2O5S/c1-28-21(27)15-5-2-3-6-16(15)22-19(24)13-23-14(9-11-20(25)26)8-10-17(23)18-7-4-12-29-18/h2-8,10,12H,9,11,13H2,1H3,(H,22,24)(H,25,26)/p-1. The van der Waals surface area contributed by atoms with Crippen LogP contribution in [0.3, 0.4) is 0 Å². The second kappa shape index (κ2) is 9.20. The number of aromatic nitrogens is 1. The first-order chi connectivity index (χ1) is 14.0. The lowest BCUT2D eigenvalue weighted by molar-refractivity contribution is -0.305. The lowest BCUT2D eigenvalue weighted by Crippen LogP contribution is -2.24. The third-order valence-electron chi connectivity index (χ3n) is 4.34. The Bertz CT molecular complexity index is 1020. The quantitative estimate of drug-likeness (QED) is 0.574. The lowest BCUT2D eigenvalue weighted by atomic mass is 10.2. The molecule has 2 aromatic heterocycles. The lowest BCUT2D eigenvalue weighted by Gasteiger charge is -2.14. The third-order valence-corrected chi connectivity index (χ3v) is 5.23. The van der Waals surface area contributed by atoms with Gasteiger partial charge < -0.3 is 24.5 Å². The average Bonchev–Trinajstić information content (AvgIpc) is 3.36. The van der Waals surface area contributed by atoms with E-state index in [1.807, 2.05) is 29.6 Å². The molecular weight excluding hydrogens is 392 g/mol. The Morgan fingerprint density at radius 2 is 1.90 bits per heavy atom. The van der Waals surface area contributed by atoms with Crippen molar-refractivity contribution in [3.8, 4) is 10.6 Å². The molecule has 7 nitrogen and oxygen atoms in total. The molecule has 0 atom stereocenters. The van der Waals surface area contributed by atoms with Gasteiger partial charge in [0.1, 0.15) is 6.54 Å². The van der Waals surface area contributed by atoms with E-state index in [1.54, 1.807) is 28.8 Å². The summed E-state index contributed by atoms with van der Waals surface area (Å²) in [6.07, 6.45) is 0.112. The molecule has 1 N–H and O–H groups in total. The van der Waals surface area contributed by atoms with Crippen molar-refractivity contribution in [3.63, 3.8) is 0 Å². The number of hydrogen-bond donors (Lipinski definition) is 1. The summed E-state index contributed by atoms with van der Waals surface area (Å²) in [6, 6.07) is 14.1. The molecule has 0 saturated heterocycles. The summed E-state index contributed by atoms with van der Waals surface area (Å²) in [6.45, 7) is -0.0296. The van der Waals surface area contributed by atoms with Crippen LogP contribution in [0.4, 0.5) is 5.69 Å². The van der Waals surface area contributed by atoms with E-state index in [0.717, 1.165) is 10.6 Å². The van der Waals surface area contributed by atoms with Gasteiger partial charge in [0.2, 0.25) is 5.91 Å². The summed E-state index contributed by atoms with van der Waals surface area (Å²) in [5, 5.41) is 15.5. The zero-order valence-electron chi connectivity index (χ0n) is 15.7. The zero-order chi connectivity index (χ0) is 20.8. The van der Waals surface area contributed by atoms with Crippen LogP contribution in [-0.2, 0) is 27.3 Å². The molecule has 2 heterocycles. The number of carboxylic acids is 1. The summed E-state index contributed by atoms with van der Waals surface area (Å²) in [7, 11) is 1.28. The molecule has 0 unspecified atom stereocenters. The van der Waals surface area contributed by atoms with Crippen LogP contribution in [0.5, 0.6) is 0 Å². The molecule has 0 aliphatic carbocycles. The minimum atomic E-state index is -1.15. The molecule has 0 radical (unpaired) electrons. The maximum atomic E-state index is 12.7. The summed E-state index contributed by atoms with van der Waals surface area (Å²) in [5.41, 5.74) is 2.15. The molecule has 0 bridgehead atoms. The molecule has 0 saturated carbocycles. The number of methoxy groups -OCH3 is 1. The van der Waals surface area contributed by atoms with Gasteiger partial charge in [-0.15, -0.1) is 11.3 Å². The van der Waals surface area contributed by atoms with E-state index in [-0.39, 0.29) is 30.9 Å². The fourth-order valence-electron chi connectivity index (χ4n) is 3.00. The van der Waals surface area contributed by atoms with E-state index < -0.39 is 11.9 Å². The van der Waals surface area contributed by atoms with E-state index >= 15 is 0 Å². The number of aliphatic carboxylic acids is 1. The van der Waals surface area contributed by atoms with E-state index in [0.29, 0.717) is 11.4 Å². The number of thiophene rings is 1. The number of rotatable bonds is 8. The van der Waals surface area contributed by atoms with Crippen molar-refractivity contribution in [2.45, 2.75) is 19.4 Å². The van der Waals surface area contributed by atoms with Crippen LogP contribution in [-0.4, -0.2) is 29.5 Å². The van der Waals surface area contributed by atoms with E-state index in [2.05, 4.69) is 5.32 Å². The summed E-state index contributed by atoms with van der Waals surface area (Å²) in [4.78, 5) is 36.5.